The first-order chi connectivity index (χ1) is 15.1. The molecular weight excluding hydrogens is 388 g/mol. The summed E-state index contributed by atoms with van der Waals surface area (Å²) in [5.41, 5.74) is 15.9. The van der Waals surface area contributed by atoms with Crippen molar-refractivity contribution < 1.29 is 9.47 Å². The highest BCUT2D eigenvalue weighted by atomic mass is 16.5. The number of aromatic nitrogens is 1. The summed E-state index contributed by atoms with van der Waals surface area (Å²) < 4.78 is 11.5. The maximum absolute atomic E-state index is 6.63. The van der Waals surface area contributed by atoms with Crippen LogP contribution in [0.15, 0.2) is 84.0 Å². The molecule has 6 nitrogen and oxygen atoms in total. The molecule has 6 heteroatoms. The lowest BCUT2D eigenvalue weighted by Crippen LogP contribution is -2.55. The number of ether oxygens (including phenoxy) is 2. The molecule has 2 atom stereocenters. The molecule has 0 spiro atoms. The van der Waals surface area contributed by atoms with Crippen LogP contribution < -0.4 is 20.9 Å². The predicted molar refractivity (Wildman–Crippen MR) is 123 cm³/mol. The first-order valence-corrected chi connectivity index (χ1v) is 10.1. The van der Waals surface area contributed by atoms with Gasteiger partial charge in [-0.15, -0.1) is 0 Å². The second-order valence-corrected chi connectivity index (χ2v) is 7.56. The smallest absolute Gasteiger partial charge is 0.130 e. The largest absolute Gasteiger partial charge is 0.497 e. The van der Waals surface area contributed by atoms with E-state index in [1.54, 1.807) is 19.5 Å². The summed E-state index contributed by atoms with van der Waals surface area (Å²) >= 11 is 0. The van der Waals surface area contributed by atoms with E-state index >= 15 is 0 Å². The summed E-state index contributed by atoms with van der Waals surface area (Å²) in [5, 5.41) is 0. The number of nitrogens with two attached hydrogens (primary N) is 2. The lowest BCUT2D eigenvalue weighted by Gasteiger charge is -2.32. The van der Waals surface area contributed by atoms with Crippen LogP contribution in [0.25, 0.3) is 11.1 Å². The fourth-order valence-electron chi connectivity index (χ4n) is 3.57. The zero-order valence-electron chi connectivity index (χ0n) is 17.4. The molecule has 0 saturated carbocycles. The van der Waals surface area contributed by atoms with Gasteiger partial charge in [-0.3, -0.25) is 9.98 Å². The van der Waals surface area contributed by atoms with Crippen molar-refractivity contribution in [2.75, 3.05) is 7.11 Å². The third-order valence-corrected chi connectivity index (χ3v) is 5.35. The minimum atomic E-state index is -0.801. The van der Waals surface area contributed by atoms with Gasteiger partial charge in [-0.1, -0.05) is 30.3 Å². The van der Waals surface area contributed by atoms with Crippen molar-refractivity contribution in [2.24, 2.45) is 16.5 Å². The molecule has 158 valence electrons. The minimum absolute atomic E-state index is 0.365. The monoisotopic (exact) mass is 414 g/mol. The topological polar surface area (TPSA) is 95.8 Å². The Balaban J connectivity index is 1.68. The van der Waals surface area contributed by atoms with Crippen LogP contribution >= 0.6 is 0 Å². The molecule has 1 aliphatic rings. The number of pyridine rings is 1. The van der Waals surface area contributed by atoms with E-state index in [1.165, 1.54) is 0 Å². The van der Waals surface area contributed by atoms with Gasteiger partial charge in [0, 0.05) is 18.8 Å². The van der Waals surface area contributed by atoms with Crippen LogP contribution in [-0.2, 0) is 13.0 Å². The summed E-state index contributed by atoms with van der Waals surface area (Å²) in [6, 6.07) is 19.8. The fraction of sp³-hybridized carbons (Fsp3) is 0.200. The average molecular weight is 415 g/mol. The van der Waals surface area contributed by atoms with Gasteiger partial charge in [0.15, 0.2) is 0 Å². The van der Waals surface area contributed by atoms with Crippen molar-refractivity contribution >= 4 is 6.21 Å². The van der Waals surface area contributed by atoms with Crippen LogP contribution in [0.1, 0.15) is 11.3 Å². The van der Waals surface area contributed by atoms with Crippen molar-refractivity contribution in [2.45, 2.75) is 24.7 Å². The van der Waals surface area contributed by atoms with E-state index in [-0.39, 0.29) is 0 Å². The van der Waals surface area contributed by atoms with Gasteiger partial charge in [0.25, 0.3) is 0 Å². The van der Waals surface area contributed by atoms with E-state index in [9.17, 15) is 0 Å². The highest BCUT2D eigenvalue weighted by molar-refractivity contribution is 5.73. The van der Waals surface area contributed by atoms with Gasteiger partial charge < -0.3 is 20.9 Å². The normalized spacial score (nSPS) is 19.9. The Morgan fingerprint density at radius 2 is 1.90 bits per heavy atom. The lowest BCUT2D eigenvalue weighted by atomic mass is 9.86. The Hall–Kier alpha value is -3.48. The molecule has 1 aromatic heterocycles. The number of allylic oxidation sites excluding steroid dienone is 1. The highest BCUT2D eigenvalue weighted by Gasteiger charge is 2.32. The second-order valence-electron chi connectivity index (χ2n) is 7.56. The molecule has 4 N–H and O–H groups in total. The maximum atomic E-state index is 6.63. The molecule has 0 amide bonds. The molecule has 1 aliphatic heterocycles. The van der Waals surface area contributed by atoms with Gasteiger partial charge in [-0.25, -0.2) is 0 Å². The van der Waals surface area contributed by atoms with E-state index in [1.807, 2.05) is 66.7 Å². The number of nitrogens with zero attached hydrogens (tertiary/aromatic N) is 2. The average Bonchev–Trinajstić information content (AvgIpc) is 2.81. The molecule has 0 radical (unpaired) electrons. The SMILES string of the molecule is COc1cccc(-c2ccc(OCc3ccccn3)c(CC3(N)C=CC=NC3N)c2)c1. The predicted octanol–water partition coefficient (Wildman–Crippen LogP) is 3.50. The molecule has 2 aromatic carbocycles. The molecule has 4 rings (SSSR count). The number of methoxy groups -OCH3 is 1. The van der Waals surface area contributed by atoms with E-state index in [0.29, 0.717) is 13.0 Å². The number of hydrogen-bond acceptors (Lipinski definition) is 6. The Morgan fingerprint density at radius 3 is 2.68 bits per heavy atom. The number of benzene rings is 2. The molecule has 31 heavy (non-hydrogen) atoms. The van der Waals surface area contributed by atoms with E-state index in [4.69, 9.17) is 20.9 Å². The van der Waals surface area contributed by atoms with Gasteiger partial charge in [0.2, 0.25) is 0 Å². The molecule has 2 unspecified atom stereocenters. The van der Waals surface area contributed by atoms with E-state index in [0.717, 1.165) is 33.9 Å². The Morgan fingerprint density at radius 1 is 1.03 bits per heavy atom. The van der Waals surface area contributed by atoms with Crippen LogP contribution in [0.2, 0.25) is 0 Å². The molecule has 0 bridgehead atoms. The number of hydrogen-bond donors (Lipinski definition) is 2. The Labute approximate surface area is 182 Å². The van der Waals surface area contributed by atoms with E-state index < -0.39 is 11.7 Å². The Kier molecular flexibility index (Phi) is 6.11. The highest BCUT2D eigenvalue weighted by Crippen LogP contribution is 2.32. The number of rotatable bonds is 7. The van der Waals surface area contributed by atoms with Gasteiger partial charge >= 0.3 is 0 Å². The first-order valence-electron chi connectivity index (χ1n) is 10.1. The number of aliphatic imine (C=N–C) groups is 1. The quantitative estimate of drug-likeness (QED) is 0.617. The summed E-state index contributed by atoms with van der Waals surface area (Å²) in [6.45, 7) is 0.365. The fourth-order valence-corrected chi connectivity index (χ4v) is 3.57. The van der Waals surface area contributed by atoms with Gasteiger partial charge in [0.05, 0.1) is 18.3 Å². The Bertz CT molecular complexity index is 1100. The summed E-state index contributed by atoms with van der Waals surface area (Å²) in [4.78, 5) is 8.61. The maximum Gasteiger partial charge on any atom is 0.130 e. The third-order valence-electron chi connectivity index (χ3n) is 5.35. The van der Waals surface area contributed by atoms with E-state index in [2.05, 4.69) is 16.0 Å². The summed E-state index contributed by atoms with van der Waals surface area (Å²) in [7, 11) is 1.66. The van der Waals surface area contributed by atoms with Crippen LogP contribution in [0.5, 0.6) is 11.5 Å². The first kappa shape index (κ1) is 20.8. The third kappa shape index (κ3) is 4.82. The summed E-state index contributed by atoms with van der Waals surface area (Å²) in [5.74, 6) is 1.55. The molecule has 3 aromatic rings. The van der Waals surface area contributed by atoms with Crippen molar-refractivity contribution in [1.29, 1.82) is 0 Å². The molecular formula is C25H26N4O2. The summed E-state index contributed by atoms with van der Waals surface area (Å²) in [6.07, 6.45) is 7.14. The van der Waals surface area contributed by atoms with Crippen LogP contribution in [-0.4, -0.2) is 30.0 Å². The number of dihydropyridines is 1. The van der Waals surface area contributed by atoms with Crippen LogP contribution in [0.3, 0.4) is 0 Å². The molecule has 0 saturated heterocycles. The van der Waals surface area contributed by atoms with Crippen molar-refractivity contribution in [3.05, 3.63) is 90.3 Å². The van der Waals surface area contributed by atoms with Crippen molar-refractivity contribution in [3.63, 3.8) is 0 Å². The zero-order chi connectivity index (χ0) is 21.7. The van der Waals surface area contributed by atoms with Crippen molar-refractivity contribution in [1.82, 2.24) is 4.98 Å². The van der Waals surface area contributed by atoms with Gasteiger partial charge in [0.1, 0.15) is 24.3 Å². The van der Waals surface area contributed by atoms with Gasteiger partial charge in [-0.05, 0) is 59.2 Å². The lowest BCUT2D eigenvalue weighted by molar-refractivity contribution is 0.295. The molecule has 0 aliphatic carbocycles. The van der Waals surface area contributed by atoms with Crippen LogP contribution in [0.4, 0.5) is 0 Å². The van der Waals surface area contributed by atoms with Gasteiger partial charge in [-0.2, -0.15) is 0 Å². The van der Waals surface area contributed by atoms with Crippen LogP contribution in [0, 0.1) is 0 Å². The molecule has 0 fully saturated rings. The minimum Gasteiger partial charge on any atom is -0.497 e. The standard InChI is InChI=1S/C25H26N4O2/c1-30-22-8-4-6-18(15-22)19-9-10-23(31-17-21-7-2-3-12-28-21)20(14-19)16-25(27)11-5-13-29-24(25)26/h2-15,24H,16-17,26-27H2,1H3. The van der Waals surface area contributed by atoms with Crippen molar-refractivity contribution in [3.8, 4) is 22.6 Å². The molecule has 2 heterocycles. The second kappa shape index (κ2) is 9.12. The zero-order valence-corrected chi connectivity index (χ0v) is 17.4.